The van der Waals surface area contributed by atoms with Crippen molar-refractivity contribution >= 4 is 11.9 Å². The van der Waals surface area contributed by atoms with E-state index in [1.165, 1.54) is 11.1 Å². The van der Waals surface area contributed by atoms with E-state index in [2.05, 4.69) is 13.8 Å². The molecule has 1 N–H and O–H groups in total. The highest BCUT2D eigenvalue weighted by molar-refractivity contribution is 5.76. The van der Waals surface area contributed by atoms with Gasteiger partial charge in [0.25, 0.3) is 0 Å². The monoisotopic (exact) mass is 376 g/mol. The number of hydrogen-bond acceptors (Lipinski definition) is 4. The molecule has 1 fully saturated rings. The van der Waals surface area contributed by atoms with E-state index in [0.717, 1.165) is 31.6 Å². The third-order valence-corrected chi connectivity index (χ3v) is 5.34. The van der Waals surface area contributed by atoms with Crippen LogP contribution in [-0.4, -0.2) is 66.1 Å². The third kappa shape index (κ3) is 6.86. The van der Waals surface area contributed by atoms with Crippen LogP contribution in [0.3, 0.4) is 0 Å². The number of benzene rings is 1. The van der Waals surface area contributed by atoms with Crippen LogP contribution in [0.25, 0.3) is 0 Å². The van der Waals surface area contributed by atoms with Crippen molar-refractivity contribution in [3.05, 3.63) is 29.3 Å². The number of nitrogens with zero attached hydrogens (tertiary/aromatic N) is 2. The van der Waals surface area contributed by atoms with Gasteiger partial charge in [-0.05, 0) is 69.8 Å². The number of carbonyl (C=O) groups excluding carboxylic acids is 1. The van der Waals surface area contributed by atoms with Crippen LogP contribution in [0.4, 0.5) is 0 Å². The van der Waals surface area contributed by atoms with Gasteiger partial charge in [0, 0.05) is 25.6 Å². The largest absolute Gasteiger partial charge is 0.494 e. The molecular weight excluding hydrogens is 344 g/mol. The molecule has 0 aliphatic carbocycles. The van der Waals surface area contributed by atoms with Crippen molar-refractivity contribution in [2.45, 2.75) is 52.0 Å². The first-order valence-corrected chi connectivity index (χ1v) is 9.76. The Morgan fingerprint density at radius 2 is 2.00 bits per heavy atom. The fourth-order valence-electron chi connectivity index (χ4n) is 3.49. The number of aliphatic carboxylic acids is 1. The molecule has 1 aromatic carbocycles. The van der Waals surface area contributed by atoms with Gasteiger partial charge in [-0.2, -0.15) is 0 Å². The smallest absolute Gasteiger partial charge is 0.317 e. The summed E-state index contributed by atoms with van der Waals surface area (Å²) in [5.74, 6) is 0.211. The Morgan fingerprint density at radius 1 is 1.22 bits per heavy atom. The van der Waals surface area contributed by atoms with Crippen LogP contribution in [-0.2, 0) is 9.59 Å². The van der Waals surface area contributed by atoms with Gasteiger partial charge in [0.1, 0.15) is 5.75 Å². The maximum absolute atomic E-state index is 12.5. The van der Waals surface area contributed by atoms with Gasteiger partial charge in [0.2, 0.25) is 5.91 Å². The lowest BCUT2D eigenvalue weighted by Crippen LogP contribution is -2.37. The minimum atomic E-state index is -0.807. The van der Waals surface area contributed by atoms with Gasteiger partial charge < -0.3 is 14.7 Å². The van der Waals surface area contributed by atoms with Crippen LogP contribution in [0.1, 0.15) is 43.2 Å². The van der Waals surface area contributed by atoms with Crippen molar-refractivity contribution in [2.75, 3.05) is 33.3 Å². The fraction of sp³-hybridized carbons (Fsp3) is 0.619. The standard InChI is InChI=1S/C21H32N2O4/c1-16-8-9-19(14-17(16)2)27-13-5-7-20(24)23-11-4-6-18(10-12-23)22(3)15-21(25)26/h8-9,14,18H,4-7,10-13,15H2,1-3H3,(H,25,26). The van der Waals surface area contributed by atoms with E-state index in [1.54, 1.807) is 0 Å². The predicted molar refractivity (Wildman–Crippen MR) is 105 cm³/mol. The van der Waals surface area contributed by atoms with Gasteiger partial charge in [-0.3, -0.25) is 14.5 Å². The zero-order valence-corrected chi connectivity index (χ0v) is 16.7. The Balaban J connectivity index is 1.71. The van der Waals surface area contributed by atoms with Gasteiger partial charge in [-0.25, -0.2) is 0 Å². The molecule has 2 rings (SSSR count). The van der Waals surface area contributed by atoms with E-state index in [9.17, 15) is 9.59 Å². The van der Waals surface area contributed by atoms with E-state index in [-0.39, 0.29) is 18.5 Å². The predicted octanol–water partition coefficient (Wildman–Crippen LogP) is 2.86. The maximum Gasteiger partial charge on any atom is 0.317 e. The number of carboxylic acids is 1. The van der Waals surface area contributed by atoms with E-state index >= 15 is 0 Å². The Bertz CT molecular complexity index is 647. The number of ether oxygens (including phenoxy) is 1. The zero-order valence-electron chi connectivity index (χ0n) is 16.7. The highest BCUT2D eigenvalue weighted by atomic mass is 16.5. The summed E-state index contributed by atoms with van der Waals surface area (Å²) in [5.41, 5.74) is 2.45. The molecule has 27 heavy (non-hydrogen) atoms. The fourth-order valence-corrected chi connectivity index (χ4v) is 3.49. The Hall–Kier alpha value is -2.08. The van der Waals surface area contributed by atoms with Gasteiger partial charge >= 0.3 is 5.97 Å². The minimum Gasteiger partial charge on any atom is -0.494 e. The summed E-state index contributed by atoms with van der Waals surface area (Å²) in [6, 6.07) is 6.27. The molecule has 1 aliphatic rings. The summed E-state index contributed by atoms with van der Waals surface area (Å²) in [6.45, 7) is 6.18. The van der Waals surface area contributed by atoms with E-state index in [4.69, 9.17) is 9.84 Å². The summed E-state index contributed by atoms with van der Waals surface area (Å²) in [4.78, 5) is 27.2. The molecule has 1 heterocycles. The molecule has 0 spiro atoms. The van der Waals surface area contributed by atoms with Crippen molar-refractivity contribution in [2.24, 2.45) is 0 Å². The average Bonchev–Trinajstić information content (AvgIpc) is 2.87. The Kier molecular flexibility index (Phi) is 8.10. The third-order valence-electron chi connectivity index (χ3n) is 5.34. The molecule has 0 bridgehead atoms. The Labute approximate surface area is 162 Å². The van der Waals surface area contributed by atoms with E-state index in [1.807, 2.05) is 35.0 Å². The first-order chi connectivity index (χ1) is 12.9. The second kappa shape index (κ2) is 10.3. The van der Waals surface area contributed by atoms with Gasteiger partial charge in [-0.1, -0.05) is 6.07 Å². The molecule has 6 nitrogen and oxygen atoms in total. The molecule has 1 aliphatic heterocycles. The van der Waals surface area contributed by atoms with Crippen LogP contribution in [0.15, 0.2) is 18.2 Å². The van der Waals surface area contributed by atoms with Crippen LogP contribution in [0, 0.1) is 13.8 Å². The molecule has 0 aromatic heterocycles. The summed E-state index contributed by atoms with van der Waals surface area (Å²) in [5, 5.41) is 8.94. The van der Waals surface area contributed by atoms with Crippen molar-refractivity contribution in [1.29, 1.82) is 0 Å². The number of likely N-dealkylation sites (tertiary alicyclic amines) is 1. The second-order valence-corrected chi connectivity index (χ2v) is 7.47. The molecule has 1 unspecified atom stereocenters. The number of amides is 1. The van der Waals surface area contributed by atoms with E-state index < -0.39 is 5.97 Å². The summed E-state index contributed by atoms with van der Waals surface area (Å²) in [7, 11) is 1.85. The Morgan fingerprint density at radius 3 is 2.70 bits per heavy atom. The van der Waals surface area contributed by atoms with Crippen molar-refractivity contribution < 1.29 is 19.4 Å². The highest BCUT2D eigenvalue weighted by Gasteiger charge is 2.23. The number of aryl methyl sites for hydroxylation is 2. The van der Waals surface area contributed by atoms with Gasteiger partial charge in [0.05, 0.1) is 13.2 Å². The van der Waals surface area contributed by atoms with Crippen LogP contribution in [0.2, 0.25) is 0 Å². The number of carboxylic acid groups (broad SMARTS) is 1. The summed E-state index contributed by atoms with van der Waals surface area (Å²) >= 11 is 0. The molecule has 1 atom stereocenters. The molecule has 6 heteroatoms. The highest BCUT2D eigenvalue weighted by Crippen LogP contribution is 2.18. The summed E-state index contributed by atoms with van der Waals surface area (Å²) < 4.78 is 5.76. The summed E-state index contributed by atoms with van der Waals surface area (Å²) in [6.07, 6.45) is 3.86. The first-order valence-electron chi connectivity index (χ1n) is 9.76. The first kappa shape index (κ1) is 21.2. The van der Waals surface area contributed by atoms with Crippen molar-refractivity contribution in [3.8, 4) is 5.75 Å². The number of carbonyl (C=O) groups is 2. The van der Waals surface area contributed by atoms with Gasteiger partial charge in [0.15, 0.2) is 0 Å². The van der Waals surface area contributed by atoms with Gasteiger partial charge in [-0.15, -0.1) is 0 Å². The topological polar surface area (TPSA) is 70.1 Å². The zero-order chi connectivity index (χ0) is 19.8. The SMILES string of the molecule is Cc1ccc(OCCCC(=O)N2CCCC(N(C)CC(=O)O)CC2)cc1C. The normalized spacial score (nSPS) is 17.6. The second-order valence-electron chi connectivity index (χ2n) is 7.47. The van der Waals surface area contributed by atoms with Crippen molar-refractivity contribution in [1.82, 2.24) is 9.80 Å². The van der Waals surface area contributed by atoms with Crippen LogP contribution in [0.5, 0.6) is 5.75 Å². The lowest BCUT2D eigenvalue weighted by Gasteiger charge is -2.25. The van der Waals surface area contributed by atoms with Crippen molar-refractivity contribution in [3.63, 3.8) is 0 Å². The van der Waals surface area contributed by atoms with E-state index in [0.29, 0.717) is 26.0 Å². The number of rotatable bonds is 8. The lowest BCUT2D eigenvalue weighted by atomic mass is 10.1. The molecule has 150 valence electrons. The molecule has 1 aromatic rings. The van der Waals surface area contributed by atoms with Crippen LogP contribution >= 0.6 is 0 Å². The number of likely N-dealkylation sites (N-methyl/N-ethyl adjacent to an activating group) is 1. The number of hydrogen-bond donors (Lipinski definition) is 1. The van der Waals surface area contributed by atoms with Crippen LogP contribution < -0.4 is 4.74 Å². The molecule has 0 radical (unpaired) electrons. The average molecular weight is 376 g/mol. The quantitative estimate of drug-likeness (QED) is 0.707. The molecule has 1 saturated heterocycles. The maximum atomic E-state index is 12.5. The molecule has 0 saturated carbocycles. The molecular formula is C21H32N2O4. The molecule has 1 amide bonds. The lowest BCUT2D eigenvalue weighted by molar-refractivity contribution is -0.138. The minimum absolute atomic E-state index is 0.0500.